The van der Waals surface area contributed by atoms with E-state index in [0.29, 0.717) is 13.1 Å². The maximum absolute atomic E-state index is 11.9. The Hall–Kier alpha value is -0.290. The Morgan fingerprint density at radius 3 is 2.24 bits per heavy atom. The fourth-order valence-electron chi connectivity index (χ4n) is 2.57. The molecule has 3 N–H and O–H groups in total. The third-order valence-corrected chi connectivity index (χ3v) is 3.76. The van der Waals surface area contributed by atoms with E-state index in [2.05, 4.69) is 5.32 Å². The summed E-state index contributed by atoms with van der Waals surface area (Å²) in [4.78, 5) is 0. The molecule has 5 heteroatoms. The summed E-state index contributed by atoms with van der Waals surface area (Å²) in [6.45, 7) is 1.32. The highest BCUT2D eigenvalue weighted by atomic mass is 19.4. The minimum Gasteiger partial charge on any atom is -0.330 e. The van der Waals surface area contributed by atoms with Crippen LogP contribution in [0.2, 0.25) is 0 Å². The summed E-state index contributed by atoms with van der Waals surface area (Å²) in [5.74, 6) is 0. The molecule has 0 bridgehead atoms. The van der Waals surface area contributed by atoms with Gasteiger partial charge in [-0.1, -0.05) is 19.3 Å². The van der Waals surface area contributed by atoms with E-state index in [1.807, 2.05) is 0 Å². The molecule has 1 rings (SSSR count). The zero-order chi connectivity index (χ0) is 12.8. The number of hydrogen-bond acceptors (Lipinski definition) is 2. The van der Waals surface area contributed by atoms with Crippen LogP contribution in [-0.2, 0) is 0 Å². The van der Waals surface area contributed by atoms with E-state index in [1.54, 1.807) is 0 Å². The number of nitrogens with one attached hydrogen (secondary N) is 1. The summed E-state index contributed by atoms with van der Waals surface area (Å²) in [7, 11) is 0. The highest BCUT2D eigenvalue weighted by Gasteiger charge is 2.30. The van der Waals surface area contributed by atoms with Gasteiger partial charge in [-0.15, -0.1) is 0 Å². The molecule has 0 aromatic carbocycles. The summed E-state index contributed by atoms with van der Waals surface area (Å²) in [6, 6.07) is 0. The lowest BCUT2D eigenvalue weighted by molar-refractivity contribution is -0.133. The van der Waals surface area contributed by atoms with Gasteiger partial charge in [-0.05, 0) is 37.8 Å². The molecule has 102 valence electrons. The molecule has 0 aliphatic heterocycles. The molecule has 0 aromatic heterocycles. The summed E-state index contributed by atoms with van der Waals surface area (Å²) in [5, 5.41) is 2.87. The smallest absolute Gasteiger partial charge is 0.330 e. The first-order valence-corrected chi connectivity index (χ1v) is 6.45. The molecule has 0 amide bonds. The molecular formula is C12H23F3N2. The lowest BCUT2D eigenvalue weighted by Gasteiger charge is -2.36. The number of alkyl halides is 3. The maximum atomic E-state index is 11.9. The summed E-state index contributed by atoms with van der Waals surface area (Å²) in [5.41, 5.74) is 6.00. The quantitative estimate of drug-likeness (QED) is 0.713. The summed E-state index contributed by atoms with van der Waals surface area (Å²) >= 11 is 0. The highest BCUT2D eigenvalue weighted by Crippen LogP contribution is 2.37. The Bertz CT molecular complexity index is 210. The van der Waals surface area contributed by atoms with Gasteiger partial charge in [0.15, 0.2) is 0 Å². The molecule has 0 aromatic rings. The topological polar surface area (TPSA) is 38.0 Å². The van der Waals surface area contributed by atoms with E-state index in [1.165, 1.54) is 19.3 Å². The second-order valence-corrected chi connectivity index (χ2v) is 5.13. The Morgan fingerprint density at radius 2 is 1.71 bits per heavy atom. The SMILES string of the molecule is NCC1(CCNCCC(F)(F)F)CCCCC1. The zero-order valence-corrected chi connectivity index (χ0v) is 10.3. The van der Waals surface area contributed by atoms with Crippen molar-refractivity contribution in [1.29, 1.82) is 0 Å². The Kier molecular flexibility index (Phi) is 5.73. The fraction of sp³-hybridized carbons (Fsp3) is 1.00. The molecule has 0 heterocycles. The van der Waals surface area contributed by atoms with E-state index in [0.717, 1.165) is 19.3 Å². The third-order valence-electron chi connectivity index (χ3n) is 3.76. The molecule has 1 saturated carbocycles. The van der Waals surface area contributed by atoms with Gasteiger partial charge in [-0.3, -0.25) is 0 Å². The number of rotatable bonds is 6. The number of halogens is 3. The van der Waals surface area contributed by atoms with Crippen LogP contribution in [0.15, 0.2) is 0 Å². The maximum Gasteiger partial charge on any atom is 0.390 e. The lowest BCUT2D eigenvalue weighted by Crippen LogP contribution is -2.36. The molecule has 0 spiro atoms. The lowest BCUT2D eigenvalue weighted by atomic mass is 9.72. The second-order valence-electron chi connectivity index (χ2n) is 5.13. The molecule has 0 unspecified atom stereocenters. The van der Waals surface area contributed by atoms with Crippen molar-refractivity contribution in [2.75, 3.05) is 19.6 Å². The van der Waals surface area contributed by atoms with Gasteiger partial charge in [-0.25, -0.2) is 0 Å². The van der Waals surface area contributed by atoms with Crippen molar-refractivity contribution >= 4 is 0 Å². The van der Waals surface area contributed by atoms with E-state index < -0.39 is 12.6 Å². The van der Waals surface area contributed by atoms with E-state index >= 15 is 0 Å². The largest absolute Gasteiger partial charge is 0.390 e. The molecular weight excluding hydrogens is 229 g/mol. The van der Waals surface area contributed by atoms with Gasteiger partial charge < -0.3 is 11.1 Å². The highest BCUT2D eigenvalue weighted by molar-refractivity contribution is 4.84. The molecule has 17 heavy (non-hydrogen) atoms. The first-order valence-electron chi connectivity index (χ1n) is 6.45. The first-order chi connectivity index (χ1) is 7.97. The first kappa shape index (κ1) is 14.8. The van der Waals surface area contributed by atoms with Crippen molar-refractivity contribution in [3.63, 3.8) is 0 Å². The van der Waals surface area contributed by atoms with E-state index in [9.17, 15) is 13.2 Å². The van der Waals surface area contributed by atoms with Crippen LogP contribution in [0, 0.1) is 5.41 Å². The molecule has 2 nitrogen and oxygen atoms in total. The predicted octanol–water partition coefficient (Wildman–Crippen LogP) is 2.83. The minimum absolute atomic E-state index is 0.0180. The van der Waals surface area contributed by atoms with Crippen LogP contribution in [-0.4, -0.2) is 25.8 Å². The van der Waals surface area contributed by atoms with Gasteiger partial charge in [0, 0.05) is 6.54 Å². The van der Waals surface area contributed by atoms with Crippen LogP contribution in [0.4, 0.5) is 13.2 Å². The summed E-state index contributed by atoms with van der Waals surface area (Å²) < 4.78 is 35.8. The number of nitrogens with two attached hydrogens (primary N) is 1. The van der Waals surface area contributed by atoms with Gasteiger partial charge in [-0.2, -0.15) is 13.2 Å². The van der Waals surface area contributed by atoms with Crippen molar-refractivity contribution in [2.45, 2.75) is 51.1 Å². The van der Waals surface area contributed by atoms with Gasteiger partial charge in [0.05, 0.1) is 6.42 Å². The molecule has 1 fully saturated rings. The van der Waals surface area contributed by atoms with Crippen LogP contribution in [0.5, 0.6) is 0 Å². The molecule has 0 radical (unpaired) electrons. The zero-order valence-electron chi connectivity index (χ0n) is 10.3. The van der Waals surface area contributed by atoms with Crippen LogP contribution in [0.25, 0.3) is 0 Å². The average molecular weight is 252 g/mol. The van der Waals surface area contributed by atoms with Crippen molar-refractivity contribution in [3.8, 4) is 0 Å². The molecule has 1 aliphatic carbocycles. The minimum atomic E-state index is -4.05. The van der Waals surface area contributed by atoms with Gasteiger partial charge in [0.1, 0.15) is 0 Å². The van der Waals surface area contributed by atoms with E-state index in [-0.39, 0.29) is 12.0 Å². The molecule has 1 aliphatic rings. The molecule has 0 atom stereocenters. The molecule has 0 saturated heterocycles. The fourth-order valence-corrected chi connectivity index (χ4v) is 2.57. The van der Waals surface area contributed by atoms with Crippen molar-refractivity contribution in [1.82, 2.24) is 5.32 Å². The normalized spacial score (nSPS) is 20.5. The van der Waals surface area contributed by atoms with Crippen molar-refractivity contribution in [2.24, 2.45) is 11.1 Å². The van der Waals surface area contributed by atoms with Gasteiger partial charge in [0.25, 0.3) is 0 Å². The Labute approximate surface area is 101 Å². The standard InChI is InChI=1S/C12H23F3N2/c13-12(14,15)7-9-17-8-6-11(10-16)4-2-1-3-5-11/h17H,1-10,16H2. The van der Waals surface area contributed by atoms with Crippen molar-refractivity contribution < 1.29 is 13.2 Å². The van der Waals surface area contributed by atoms with Gasteiger partial charge >= 0.3 is 6.18 Å². The van der Waals surface area contributed by atoms with Crippen LogP contribution >= 0.6 is 0 Å². The average Bonchev–Trinajstić information content (AvgIpc) is 2.28. The summed E-state index contributed by atoms with van der Waals surface area (Å²) in [6.07, 6.45) is 2.05. The van der Waals surface area contributed by atoms with Gasteiger partial charge in [0.2, 0.25) is 0 Å². The Balaban J connectivity index is 2.15. The van der Waals surface area contributed by atoms with Crippen LogP contribution < -0.4 is 11.1 Å². The van der Waals surface area contributed by atoms with E-state index in [4.69, 9.17) is 5.73 Å². The second kappa shape index (κ2) is 6.59. The predicted molar refractivity (Wildman–Crippen MR) is 62.7 cm³/mol. The third kappa shape index (κ3) is 5.73. The van der Waals surface area contributed by atoms with Crippen LogP contribution in [0.1, 0.15) is 44.9 Å². The van der Waals surface area contributed by atoms with Crippen LogP contribution in [0.3, 0.4) is 0 Å². The Morgan fingerprint density at radius 1 is 1.06 bits per heavy atom. The monoisotopic (exact) mass is 252 g/mol. The number of hydrogen-bond donors (Lipinski definition) is 2. The van der Waals surface area contributed by atoms with Crippen molar-refractivity contribution in [3.05, 3.63) is 0 Å².